The van der Waals surface area contributed by atoms with Gasteiger partial charge in [0, 0.05) is 5.54 Å². The molecule has 1 aliphatic heterocycles. The van der Waals surface area contributed by atoms with Crippen LogP contribution in [-0.4, -0.2) is 27.5 Å². The van der Waals surface area contributed by atoms with Crippen LogP contribution in [0.4, 0.5) is 0 Å². The van der Waals surface area contributed by atoms with Crippen LogP contribution in [0.15, 0.2) is 11.3 Å². The van der Waals surface area contributed by atoms with Gasteiger partial charge < -0.3 is 10.0 Å². The lowest BCUT2D eigenvalue weighted by Crippen LogP contribution is -2.49. The summed E-state index contributed by atoms with van der Waals surface area (Å²) >= 11 is 0. The molecule has 0 aromatic rings. The summed E-state index contributed by atoms with van der Waals surface area (Å²) < 4.78 is 0. The molecular formula is C15H24N2O2. The standard InChI is InChI=1S/C15H24N2O2/c1-14(2,3)8-7-11-12(18)10(9-16)13(19)17(11)15(4,5)6/h11,18H,7-8H2,1-6H3. The Morgan fingerprint density at radius 3 is 2.16 bits per heavy atom. The normalized spacial score (nSPS) is 21.0. The van der Waals surface area contributed by atoms with Gasteiger partial charge >= 0.3 is 0 Å². The topological polar surface area (TPSA) is 64.3 Å². The van der Waals surface area contributed by atoms with E-state index in [1.807, 2.05) is 26.8 Å². The minimum Gasteiger partial charge on any atom is -0.509 e. The van der Waals surface area contributed by atoms with Crippen LogP contribution in [0.25, 0.3) is 0 Å². The first kappa shape index (κ1) is 15.6. The molecule has 0 bridgehead atoms. The van der Waals surface area contributed by atoms with Gasteiger partial charge in [0.15, 0.2) is 5.57 Å². The van der Waals surface area contributed by atoms with Gasteiger partial charge in [0.05, 0.1) is 6.04 Å². The molecule has 0 spiro atoms. The van der Waals surface area contributed by atoms with E-state index in [0.29, 0.717) is 6.42 Å². The summed E-state index contributed by atoms with van der Waals surface area (Å²) in [5.74, 6) is -0.418. The lowest BCUT2D eigenvalue weighted by molar-refractivity contribution is -0.132. The van der Waals surface area contributed by atoms with Crippen LogP contribution in [0, 0.1) is 16.7 Å². The molecule has 0 radical (unpaired) electrons. The number of hydrogen-bond acceptors (Lipinski definition) is 3. The van der Waals surface area contributed by atoms with Crippen LogP contribution in [0.5, 0.6) is 0 Å². The molecule has 1 unspecified atom stereocenters. The second-order valence-electron chi connectivity index (χ2n) is 7.33. The zero-order valence-corrected chi connectivity index (χ0v) is 12.7. The molecule has 1 rings (SSSR count). The number of hydrogen-bond donors (Lipinski definition) is 1. The largest absolute Gasteiger partial charge is 0.509 e. The summed E-state index contributed by atoms with van der Waals surface area (Å²) in [6.45, 7) is 12.1. The molecule has 0 fully saturated rings. The summed E-state index contributed by atoms with van der Waals surface area (Å²) in [6, 6.07) is 1.46. The van der Waals surface area contributed by atoms with Crippen molar-refractivity contribution in [2.45, 2.75) is 66.0 Å². The number of aliphatic hydroxyl groups excluding tert-OH is 1. The first-order valence-corrected chi connectivity index (χ1v) is 6.66. The molecule has 1 aliphatic rings. The number of rotatable bonds is 2. The molecule has 106 valence electrons. The van der Waals surface area contributed by atoms with Crippen molar-refractivity contribution in [3.63, 3.8) is 0 Å². The average Bonchev–Trinajstić information content (AvgIpc) is 2.45. The maximum absolute atomic E-state index is 12.2. The van der Waals surface area contributed by atoms with Gasteiger partial charge in [-0.05, 0) is 39.0 Å². The third-order valence-corrected chi connectivity index (χ3v) is 3.32. The van der Waals surface area contributed by atoms with E-state index in [4.69, 9.17) is 5.26 Å². The highest BCUT2D eigenvalue weighted by Gasteiger charge is 2.44. The maximum Gasteiger partial charge on any atom is 0.269 e. The Morgan fingerprint density at radius 2 is 1.79 bits per heavy atom. The van der Waals surface area contributed by atoms with Gasteiger partial charge in [-0.1, -0.05) is 20.8 Å². The van der Waals surface area contributed by atoms with E-state index < -0.39 is 5.54 Å². The Morgan fingerprint density at radius 1 is 1.26 bits per heavy atom. The lowest BCUT2D eigenvalue weighted by atomic mass is 9.87. The molecule has 1 heterocycles. The molecule has 1 atom stereocenters. The predicted molar refractivity (Wildman–Crippen MR) is 74.3 cm³/mol. The zero-order chi connectivity index (χ0) is 15.0. The molecular weight excluding hydrogens is 240 g/mol. The number of aliphatic hydroxyl groups is 1. The van der Waals surface area contributed by atoms with Crippen molar-refractivity contribution in [1.82, 2.24) is 4.90 Å². The van der Waals surface area contributed by atoms with E-state index in [9.17, 15) is 9.90 Å². The second-order valence-corrected chi connectivity index (χ2v) is 7.33. The molecule has 4 nitrogen and oxygen atoms in total. The number of amides is 1. The maximum atomic E-state index is 12.2. The van der Waals surface area contributed by atoms with E-state index in [1.54, 1.807) is 4.90 Å². The number of nitriles is 1. The third-order valence-electron chi connectivity index (χ3n) is 3.32. The summed E-state index contributed by atoms with van der Waals surface area (Å²) in [5, 5.41) is 19.2. The summed E-state index contributed by atoms with van der Waals surface area (Å²) in [5.41, 5.74) is -0.386. The highest BCUT2D eigenvalue weighted by atomic mass is 16.3. The van der Waals surface area contributed by atoms with Crippen molar-refractivity contribution in [2.24, 2.45) is 5.41 Å². The smallest absolute Gasteiger partial charge is 0.269 e. The number of carbonyl (C=O) groups is 1. The minimum atomic E-state index is -0.411. The van der Waals surface area contributed by atoms with Crippen molar-refractivity contribution in [2.75, 3.05) is 0 Å². The Hall–Kier alpha value is -1.50. The third kappa shape index (κ3) is 3.28. The Labute approximate surface area is 115 Å². The molecule has 0 saturated heterocycles. The molecule has 0 aromatic heterocycles. The van der Waals surface area contributed by atoms with Crippen LogP contribution in [0.2, 0.25) is 0 Å². The lowest BCUT2D eigenvalue weighted by Gasteiger charge is -2.38. The van der Waals surface area contributed by atoms with Crippen LogP contribution in [0.3, 0.4) is 0 Å². The van der Waals surface area contributed by atoms with Gasteiger partial charge in [0.2, 0.25) is 0 Å². The van der Waals surface area contributed by atoms with E-state index in [1.165, 1.54) is 0 Å². The molecule has 4 heteroatoms. The average molecular weight is 264 g/mol. The van der Waals surface area contributed by atoms with Crippen LogP contribution in [-0.2, 0) is 4.79 Å². The number of carbonyl (C=O) groups excluding carboxylic acids is 1. The van der Waals surface area contributed by atoms with Crippen LogP contribution in [0.1, 0.15) is 54.4 Å². The van der Waals surface area contributed by atoms with Crippen molar-refractivity contribution < 1.29 is 9.90 Å². The second kappa shape index (κ2) is 4.88. The number of nitrogens with zero attached hydrogens (tertiary/aromatic N) is 2. The van der Waals surface area contributed by atoms with Gasteiger partial charge in [0.25, 0.3) is 5.91 Å². The molecule has 0 saturated carbocycles. The van der Waals surface area contributed by atoms with Crippen LogP contribution < -0.4 is 0 Å². The van der Waals surface area contributed by atoms with E-state index in [-0.39, 0.29) is 28.7 Å². The highest BCUT2D eigenvalue weighted by molar-refractivity contribution is 6.01. The van der Waals surface area contributed by atoms with Gasteiger partial charge in [-0.3, -0.25) is 4.79 Å². The van der Waals surface area contributed by atoms with E-state index in [2.05, 4.69) is 20.8 Å². The van der Waals surface area contributed by atoms with Crippen LogP contribution >= 0.6 is 0 Å². The fraction of sp³-hybridized carbons (Fsp3) is 0.733. The zero-order valence-electron chi connectivity index (χ0n) is 12.7. The molecule has 0 aliphatic carbocycles. The van der Waals surface area contributed by atoms with Crippen molar-refractivity contribution in [3.05, 3.63) is 11.3 Å². The SMILES string of the molecule is CC(C)(C)CCC1C(O)=C(C#N)C(=O)N1C(C)(C)C. The molecule has 1 amide bonds. The van der Waals surface area contributed by atoms with Gasteiger partial charge in [-0.15, -0.1) is 0 Å². The Kier molecular flexibility index (Phi) is 4.00. The summed E-state index contributed by atoms with van der Waals surface area (Å²) in [7, 11) is 0. The highest BCUT2D eigenvalue weighted by Crippen LogP contribution is 2.35. The summed E-state index contributed by atoms with van der Waals surface area (Å²) in [4.78, 5) is 13.8. The first-order chi connectivity index (χ1) is 8.49. The fourth-order valence-corrected chi connectivity index (χ4v) is 2.37. The molecule has 0 aromatic carbocycles. The first-order valence-electron chi connectivity index (χ1n) is 6.66. The molecule has 19 heavy (non-hydrogen) atoms. The van der Waals surface area contributed by atoms with Crippen molar-refractivity contribution >= 4 is 5.91 Å². The van der Waals surface area contributed by atoms with Gasteiger partial charge in [-0.25, -0.2) is 0 Å². The minimum absolute atomic E-state index is 0.0633. The van der Waals surface area contributed by atoms with E-state index >= 15 is 0 Å². The molecule has 1 N–H and O–H groups in total. The Balaban J connectivity index is 3.06. The Bertz CT molecular complexity index is 444. The van der Waals surface area contributed by atoms with Gasteiger partial charge in [0.1, 0.15) is 11.8 Å². The summed E-state index contributed by atoms with van der Waals surface area (Å²) in [6.07, 6.45) is 1.55. The monoisotopic (exact) mass is 264 g/mol. The van der Waals surface area contributed by atoms with Crippen molar-refractivity contribution in [3.8, 4) is 6.07 Å². The van der Waals surface area contributed by atoms with Crippen molar-refractivity contribution in [1.29, 1.82) is 5.26 Å². The van der Waals surface area contributed by atoms with E-state index in [0.717, 1.165) is 6.42 Å². The quantitative estimate of drug-likeness (QED) is 0.833. The predicted octanol–water partition coefficient (Wildman–Crippen LogP) is 3.16. The fourth-order valence-electron chi connectivity index (χ4n) is 2.37. The van der Waals surface area contributed by atoms with Gasteiger partial charge in [-0.2, -0.15) is 5.26 Å².